The van der Waals surface area contributed by atoms with Crippen LogP contribution in [-0.4, -0.2) is 55.8 Å². The summed E-state index contributed by atoms with van der Waals surface area (Å²) in [5.74, 6) is -0.811. The van der Waals surface area contributed by atoms with E-state index in [1.165, 1.54) is 24.4 Å². The molecule has 11 heteroatoms. The third-order valence-electron chi connectivity index (χ3n) is 6.10. The SMILES string of the molecule is CS(=O)(=O)c1cc(OCCCCCCc2cccc(OCCCC(=O)O)c2CCC(=O)O)cc(C(=N)/C=C\N)c1. The Morgan fingerprint density at radius 1 is 0.925 bits per heavy atom. The van der Waals surface area contributed by atoms with Crippen molar-refractivity contribution in [3.05, 3.63) is 65.4 Å². The van der Waals surface area contributed by atoms with Crippen LogP contribution in [0, 0.1) is 5.41 Å². The Labute approximate surface area is 235 Å². The van der Waals surface area contributed by atoms with E-state index in [9.17, 15) is 18.0 Å². The van der Waals surface area contributed by atoms with Crippen molar-refractivity contribution in [2.45, 2.75) is 62.7 Å². The Morgan fingerprint density at radius 3 is 2.30 bits per heavy atom. The van der Waals surface area contributed by atoms with Crippen molar-refractivity contribution in [1.82, 2.24) is 0 Å². The molecule has 0 bridgehead atoms. The lowest BCUT2D eigenvalue weighted by molar-refractivity contribution is -0.138. The molecule has 0 atom stereocenters. The summed E-state index contributed by atoms with van der Waals surface area (Å²) < 4.78 is 35.7. The number of aliphatic carboxylic acids is 2. The Kier molecular flexibility index (Phi) is 13.2. The molecule has 0 spiro atoms. The van der Waals surface area contributed by atoms with E-state index in [1.807, 2.05) is 12.1 Å². The number of carbonyl (C=O) groups is 2. The van der Waals surface area contributed by atoms with Crippen LogP contribution in [-0.2, 0) is 32.3 Å². The van der Waals surface area contributed by atoms with Gasteiger partial charge >= 0.3 is 11.9 Å². The minimum atomic E-state index is -3.49. The van der Waals surface area contributed by atoms with Gasteiger partial charge in [0.25, 0.3) is 0 Å². The zero-order valence-electron chi connectivity index (χ0n) is 22.7. The molecule has 218 valence electrons. The second kappa shape index (κ2) is 16.3. The Bertz CT molecular complexity index is 1310. The van der Waals surface area contributed by atoms with Crippen molar-refractivity contribution in [3.63, 3.8) is 0 Å². The molecule has 0 heterocycles. The largest absolute Gasteiger partial charge is 0.494 e. The van der Waals surface area contributed by atoms with Crippen molar-refractivity contribution in [1.29, 1.82) is 5.41 Å². The molecule has 0 saturated carbocycles. The van der Waals surface area contributed by atoms with E-state index in [4.69, 9.17) is 30.8 Å². The second-order valence-electron chi connectivity index (χ2n) is 9.38. The highest BCUT2D eigenvalue weighted by atomic mass is 32.2. The van der Waals surface area contributed by atoms with Crippen LogP contribution in [0.25, 0.3) is 0 Å². The molecule has 2 rings (SSSR count). The number of allylic oxidation sites excluding steroid dienone is 1. The molecule has 2 aromatic carbocycles. The smallest absolute Gasteiger partial charge is 0.303 e. The van der Waals surface area contributed by atoms with Crippen LogP contribution in [0.15, 0.2) is 53.6 Å². The molecule has 0 radical (unpaired) electrons. The highest BCUT2D eigenvalue weighted by molar-refractivity contribution is 7.90. The summed E-state index contributed by atoms with van der Waals surface area (Å²) >= 11 is 0. The summed E-state index contributed by atoms with van der Waals surface area (Å²) in [6.45, 7) is 0.630. The summed E-state index contributed by atoms with van der Waals surface area (Å²) in [7, 11) is -3.49. The minimum absolute atomic E-state index is 0.00744. The van der Waals surface area contributed by atoms with Crippen LogP contribution >= 0.6 is 0 Å². The number of hydrogen-bond donors (Lipinski definition) is 4. The number of rotatable bonds is 19. The van der Waals surface area contributed by atoms with Gasteiger partial charge in [0, 0.05) is 24.7 Å². The molecule has 10 nitrogen and oxygen atoms in total. The van der Waals surface area contributed by atoms with Gasteiger partial charge in [-0.25, -0.2) is 8.42 Å². The third-order valence-corrected chi connectivity index (χ3v) is 7.19. The lowest BCUT2D eigenvalue weighted by Gasteiger charge is -2.15. The van der Waals surface area contributed by atoms with E-state index in [0.29, 0.717) is 36.5 Å². The number of benzene rings is 2. The molecule has 5 N–H and O–H groups in total. The number of aryl methyl sites for hydroxylation is 1. The predicted octanol–water partition coefficient (Wildman–Crippen LogP) is 4.37. The molecule has 0 fully saturated rings. The quantitative estimate of drug-likeness (QED) is 0.140. The van der Waals surface area contributed by atoms with Crippen molar-refractivity contribution in [2.24, 2.45) is 5.73 Å². The molecule has 40 heavy (non-hydrogen) atoms. The number of carboxylic acids is 2. The maximum Gasteiger partial charge on any atom is 0.303 e. The van der Waals surface area contributed by atoms with Gasteiger partial charge in [0.15, 0.2) is 9.84 Å². The topological polar surface area (TPSA) is 177 Å². The summed E-state index contributed by atoms with van der Waals surface area (Å²) in [5, 5.41) is 26.0. The van der Waals surface area contributed by atoms with Crippen LogP contribution in [0.2, 0.25) is 0 Å². The van der Waals surface area contributed by atoms with E-state index in [0.717, 1.165) is 49.5 Å². The first-order valence-corrected chi connectivity index (χ1v) is 15.0. The van der Waals surface area contributed by atoms with E-state index < -0.39 is 21.8 Å². The molecular formula is C29H38N2O8S. The van der Waals surface area contributed by atoms with Crippen LogP contribution in [0.4, 0.5) is 0 Å². The Balaban J connectivity index is 1.91. The third kappa shape index (κ3) is 11.5. The standard InChI is InChI=1S/C29H38N2O8S/c1-40(36,37)24-19-22(26(31)14-15-30)18-23(20-24)38-16-5-3-2-4-8-21-9-6-10-27(25(21)12-13-29(34)35)39-17-7-11-28(32)33/h6,9-10,14-15,18-20,31H,2-5,7-8,11-13,16-17,30H2,1H3,(H,32,33)(H,34,35)/b15-14-,31-26?. The lowest BCUT2D eigenvalue weighted by Crippen LogP contribution is -2.07. The maximum atomic E-state index is 12.1. The van der Waals surface area contributed by atoms with E-state index >= 15 is 0 Å². The zero-order valence-corrected chi connectivity index (χ0v) is 23.5. The lowest BCUT2D eigenvalue weighted by atomic mass is 9.97. The van der Waals surface area contributed by atoms with Crippen LogP contribution in [0.5, 0.6) is 11.5 Å². The molecule has 0 aliphatic rings. The molecule has 0 aliphatic carbocycles. The van der Waals surface area contributed by atoms with Crippen LogP contribution in [0.3, 0.4) is 0 Å². The van der Waals surface area contributed by atoms with Gasteiger partial charge in [-0.05, 0) is 79.8 Å². The first-order valence-electron chi connectivity index (χ1n) is 13.1. The van der Waals surface area contributed by atoms with Gasteiger partial charge in [0.1, 0.15) is 11.5 Å². The average Bonchev–Trinajstić information content (AvgIpc) is 2.89. The highest BCUT2D eigenvalue weighted by Crippen LogP contribution is 2.27. The summed E-state index contributed by atoms with van der Waals surface area (Å²) in [5.41, 5.74) is 7.70. The van der Waals surface area contributed by atoms with Crippen molar-refractivity contribution in [3.8, 4) is 11.5 Å². The number of sulfone groups is 1. The van der Waals surface area contributed by atoms with Crippen molar-refractivity contribution < 1.29 is 37.7 Å². The second-order valence-corrected chi connectivity index (χ2v) is 11.4. The van der Waals surface area contributed by atoms with E-state index in [1.54, 1.807) is 12.1 Å². The fourth-order valence-electron chi connectivity index (χ4n) is 4.08. The van der Waals surface area contributed by atoms with E-state index in [-0.39, 0.29) is 30.1 Å². The molecule has 0 unspecified atom stereocenters. The fraction of sp³-hybridized carbons (Fsp3) is 0.414. The Hall–Kier alpha value is -3.86. The van der Waals surface area contributed by atoms with E-state index in [2.05, 4.69) is 0 Å². The highest BCUT2D eigenvalue weighted by Gasteiger charge is 2.14. The van der Waals surface area contributed by atoms with Gasteiger partial charge in [-0.2, -0.15) is 0 Å². The van der Waals surface area contributed by atoms with Gasteiger partial charge in [0.05, 0.1) is 23.8 Å². The summed E-state index contributed by atoms with van der Waals surface area (Å²) in [6, 6.07) is 10.1. The summed E-state index contributed by atoms with van der Waals surface area (Å²) in [6.07, 6.45) is 8.54. The number of hydrogen-bond acceptors (Lipinski definition) is 8. The molecular weight excluding hydrogens is 536 g/mol. The van der Waals surface area contributed by atoms with Gasteiger partial charge in [-0.15, -0.1) is 0 Å². The Morgan fingerprint density at radius 2 is 1.62 bits per heavy atom. The number of nitrogens with one attached hydrogen (secondary N) is 1. The normalized spacial score (nSPS) is 11.4. The first-order chi connectivity index (χ1) is 19.0. The van der Waals surface area contributed by atoms with Crippen molar-refractivity contribution in [2.75, 3.05) is 19.5 Å². The molecule has 0 saturated heterocycles. The van der Waals surface area contributed by atoms with Crippen LogP contribution in [0.1, 0.15) is 61.6 Å². The fourth-order valence-corrected chi connectivity index (χ4v) is 4.75. The summed E-state index contributed by atoms with van der Waals surface area (Å²) in [4.78, 5) is 22.0. The average molecular weight is 575 g/mol. The van der Waals surface area contributed by atoms with Gasteiger partial charge in [-0.3, -0.25) is 9.59 Å². The molecule has 2 aromatic rings. The number of nitrogens with two attached hydrogens (primary N) is 1. The molecule has 0 aromatic heterocycles. The monoisotopic (exact) mass is 574 g/mol. The van der Waals surface area contributed by atoms with Gasteiger partial charge in [0.2, 0.25) is 0 Å². The minimum Gasteiger partial charge on any atom is -0.494 e. The molecule has 0 amide bonds. The van der Waals surface area contributed by atoms with Crippen LogP contribution < -0.4 is 15.2 Å². The number of carboxylic acid groups (broad SMARTS) is 2. The number of ether oxygens (including phenoxy) is 2. The van der Waals surface area contributed by atoms with Gasteiger partial charge < -0.3 is 30.8 Å². The zero-order chi connectivity index (χ0) is 29.5. The van der Waals surface area contributed by atoms with Gasteiger partial charge in [-0.1, -0.05) is 25.0 Å². The molecule has 0 aliphatic heterocycles. The maximum absolute atomic E-state index is 12.1. The predicted molar refractivity (Wildman–Crippen MR) is 152 cm³/mol. The van der Waals surface area contributed by atoms with Crippen molar-refractivity contribution >= 4 is 27.5 Å². The number of unbranched alkanes of at least 4 members (excludes halogenated alkanes) is 3. The first kappa shape index (κ1) is 32.4.